The molecule has 0 atom stereocenters. The summed E-state index contributed by atoms with van der Waals surface area (Å²) in [5.74, 6) is 1.04. The summed E-state index contributed by atoms with van der Waals surface area (Å²) in [7, 11) is 2.22. The third-order valence-corrected chi connectivity index (χ3v) is 5.53. The molecule has 5 nitrogen and oxygen atoms in total. The minimum atomic E-state index is 0.989. The van der Waals surface area contributed by atoms with Gasteiger partial charge < -0.3 is 19.6 Å². The molecule has 2 aliphatic heterocycles. The lowest BCUT2D eigenvalue weighted by molar-refractivity contribution is 0.153. The average molecular weight is 351 g/mol. The second-order valence-corrected chi connectivity index (χ2v) is 7.31. The van der Waals surface area contributed by atoms with Crippen molar-refractivity contribution in [2.75, 3.05) is 69.2 Å². The Bertz CT molecular complexity index is 697. The van der Waals surface area contributed by atoms with E-state index in [1.54, 1.807) is 0 Å². The summed E-state index contributed by atoms with van der Waals surface area (Å²) < 4.78 is 0. The van der Waals surface area contributed by atoms with Crippen molar-refractivity contribution in [2.45, 2.75) is 6.42 Å². The predicted molar refractivity (Wildman–Crippen MR) is 108 cm³/mol. The lowest BCUT2D eigenvalue weighted by Gasteiger charge is -2.39. The summed E-state index contributed by atoms with van der Waals surface area (Å²) in [4.78, 5) is 14.5. The molecule has 2 aliphatic rings. The van der Waals surface area contributed by atoms with Gasteiger partial charge in [0.15, 0.2) is 0 Å². The number of nitrogens with zero attached hydrogens (tertiary/aromatic N) is 5. The van der Waals surface area contributed by atoms with Gasteiger partial charge in [-0.25, -0.2) is 4.98 Å². The fraction of sp³-hybridized carbons (Fsp3) is 0.476. The third-order valence-electron chi connectivity index (χ3n) is 5.53. The number of aromatic nitrogens is 1. The topological polar surface area (TPSA) is 25.9 Å². The van der Waals surface area contributed by atoms with Crippen LogP contribution >= 0.6 is 0 Å². The molecule has 0 amide bonds. The smallest absolute Gasteiger partial charge is 0.133 e. The Hall–Kier alpha value is -2.11. The molecular formula is C21H29N5. The molecule has 1 saturated heterocycles. The van der Waals surface area contributed by atoms with Crippen LogP contribution in [0.25, 0.3) is 0 Å². The lowest BCUT2D eigenvalue weighted by Crippen LogP contribution is -2.45. The molecule has 0 N–H and O–H groups in total. The Morgan fingerprint density at radius 1 is 0.808 bits per heavy atom. The fourth-order valence-corrected chi connectivity index (χ4v) is 3.96. The minimum absolute atomic E-state index is 0.989. The molecule has 1 fully saturated rings. The van der Waals surface area contributed by atoms with Crippen LogP contribution in [0.3, 0.4) is 0 Å². The Kier molecular flexibility index (Phi) is 5.37. The lowest BCUT2D eigenvalue weighted by atomic mass is 10.1. The van der Waals surface area contributed by atoms with Crippen molar-refractivity contribution in [3.63, 3.8) is 0 Å². The van der Waals surface area contributed by atoms with Crippen LogP contribution in [-0.2, 0) is 0 Å². The molecule has 26 heavy (non-hydrogen) atoms. The van der Waals surface area contributed by atoms with Crippen molar-refractivity contribution in [3.8, 4) is 0 Å². The van der Waals surface area contributed by atoms with Crippen molar-refractivity contribution in [1.29, 1.82) is 0 Å². The first-order chi connectivity index (χ1) is 12.8. The molecule has 0 aliphatic carbocycles. The minimum Gasteiger partial charge on any atom is -0.368 e. The predicted octanol–water partition coefficient (Wildman–Crippen LogP) is 2.68. The summed E-state index contributed by atoms with van der Waals surface area (Å²) >= 11 is 0. The highest BCUT2D eigenvalue weighted by Crippen LogP contribution is 2.36. The largest absolute Gasteiger partial charge is 0.368 e. The van der Waals surface area contributed by atoms with Crippen molar-refractivity contribution in [1.82, 2.24) is 14.8 Å². The van der Waals surface area contributed by atoms with Gasteiger partial charge in [0.1, 0.15) is 5.82 Å². The molecule has 2 aromatic rings. The maximum absolute atomic E-state index is 4.55. The van der Waals surface area contributed by atoms with Gasteiger partial charge in [0.25, 0.3) is 0 Å². The van der Waals surface area contributed by atoms with Crippen molar-refractivity contribution < 1.29 is 0 Å². The number of anilines is 3. The zero-order chi connectivity index (χ0) is 17.8. The highest BCUT2D eigenvalue weighted by atomic mass is 15.3. The number of fused-ring (bicyclic) bond motifs is 1. The van der Waals surface area contributed by atoms with Crippen LogP contribution in [0, 0.1) is 0 Å². The molecule has 5 heteroatoms. The van der Waals surface area contributed by atoms with Gasteiger partial charge in [-0.05, 0) is 44.3 Å². The van der Waals surface area contributed by atoms with Gasteiger partial charge in [-0.1, -0.05) is 18.2 Å². The summed E-state index contributed by atoms with van der Waals surface area (Å²) in [5, 5.41) is 0. The van der Waals surface area contributed by atoms with Gasteiger partial charge in [0.2, 0.25) is 0 Å². The first kappa shape index (κ1) is 17.3. The molecule has 0 saturated carbocycles. The summed E-state index contributed by atoms with van der Waals surface area (Å²) in [6.07, 6.45) is 3.10. The van der Waals surface area contributed by atoms with E-state index in [-0.39, 0.29) is 0 Å². The maximum Gasteiger partial charge on any atom is 0.133 e. The van der Waals surface area contributed by atoms with Gasteiger partial charge >= 0.3 is 0 Å². The molecule has 4 rings (SSSR count). The molecule has 138 valence electrons. The van der Waals surface area contributed by atoms with Crippen molar-refractivity contribution in [3.05, 3.63) is 48.7 Å². The summed E-state index contributed by atoms with van der Waals surface area (Å²) in [6, 6.07) is 14.9. The molecule has 0 radical (unpaired) electrons. The Labute approximate surface area is 156 Å². The Morgan fingerprint density at radius 2 is 1.58 bits per heavy atom. The van der Waals surface area contributed by atoms with Crippen LogP contribution in [0.15, 0.2) is 48.7 Å². The number of pyridine rings is 1. The molecule has 3 heterocycles. The Morgan fingerprint density at radius 3 is 2.35 bits per heavy atom. The van der Waals surface area contributed by atoms with E-state index in [1.807, 2.05) is 12.3 Å². The van der Waals surface area contributed by atoms with Gasteiger partial charge in [0.05, 0.1) is 11.4 Å². The fourth-order valence-electron chi connectivity index (χ4n) is 3.96. The van der Waals surface area contributed by atoms with E-state index >= 15 is 0 Å². The van der Waals surface area contributed by atoms with E-state index in [9.17, 15) is 0 Å². The van der Waals surface area contributed by atoms with Crippen LogP contribution in [0.2, 0.25) is 0 Å². The second-order valence-electron chi connectivity index (χ2n) is 7.31. The van der Waals surface area contributed by atoms with Gasteiger partial charge in [0, 0.05) is 52.0 Å². The molecule has 0 unspecified atom stereocenters. The van der Waals surface area contributed by atoms with Gasteiger partial charge in [-0.2, -0.15) is 0 Å². The molecule has 0 spiro atoms. The highest BCUT2D eigenvalue weighted by molar-refractivity contribution is 5.78. The first-order valence-corrected chi connectivity index (χ1v) is 9.75. The maximum atomic E-state index is 4.55. The molecule has 0 bridgehead atoms. The summed E-state index contributed by atoms with van der Waals surface area (Å²) in [6.45, 7) is 9.19. The van der Waals surface area contributed by atoms with Gasteiger partial charge in [-0.15, -0.1) is 0 Å². The number of rotatable bonds is 5. The van der Waals surface area contributed by atoms with Crippen LogP contribution in [-0.4, -0.2) is 74.2 Å². The number of para-hydroxylation sites is 2. The van der Waals surface area contributed by atoms with Crippen LogP contribution in [0.4, 0.5) is 17.2 Å². The zero-order valence-electron chi connectivity index (χ0n) is 15.7. The zero-order valence-corrected chi connectivity index (χ0v) is 15.7. The first-order valence-electron chi connectivity index (χ1n) is 9.75. The summed E-state index contributed by atoms with van der Waals surface area (Å²) in [5.41, 5.74) is 2.61. The normalized spacial score (nSPS) is 18.8. The van der Waals surface area contributed by atoms with E-state index in [4.69, 9.17) is 0 Å². The number of benzene rings is 1. The third kappa shape index (κ3) is 3.84. The number of hydrogen-bond acceptors (Lipinski definition) is 5. The van der Waals surface area contributed by atoms with E-state index < -0.39 is 0 Å². The second kappa shape index (κ2) is 8.06. The Balaban J connectivity index is 1.40. The van der Waals surface area contributed by atoms with E-state index in [2.05, 4.69) is 68.0 Å². The number of likely N-dealkylation sites (N-methyl/N-ethyl adjacent to an activating group) is 1. The SMILES string of the molecule is CN1CCN(CCCN2CCN(c3ccccn3)c3ccccc32)CC1. The van der Waals surface area contributed by atoms with Gasteiger partial charge in [-0.3, -0.25) is 0 Å². The van der Waals surface area contributed by atoms with Crippen LogP contribution in [0.1, 0.15) is 6.42 Å². The number of piperazine rings is 1. The molecule has 1 aromatic carbocycles. The van der Waals surface area contributed by atoms with Crippen molar-refractivity contribution >= 4 is 17.2 Å². The quantitative estimate of drug-likeness (QED) is 0.825. The van der Waals surface area contributed by atoms with E-state index in [1.165, 1.54) is 50.5 Å². The number of hydrogen-bond donors (Lipinski definition) is 0. The van der Waals surface area contributed by atoms with E-state index in [0.717, 1.165) is 25.5 Å². The monoisotopic (exact) mass is 351 g/mol. The standard InChI is InChI=1S/C21H29N5/c1-23-13-15-24(16-14-23)11-6-12-25-17-18-26(21-9-4-5-10-22-21)20-8-3-2-7-19(20)25/h2-5,7-10H,6,11-18H2,1H3. The average Bonchev–Trinajstić information content (AvgIpc) is 2.70. The molecular weight excluding hydrogens is 322 g/mol. The highest BCUT2D eigenvalue weighted by Gasteiger charge is 2.23. The van der Waals surface area contributed by atoms with Crippen LogP contribution < -0.4 is 9.80 Å². The van der Waals surface area contributed by atoms with Crippen LogP contribution in [0.5, 0.6) is 0 Å². The van der Waals surface area contributed by atoms with Crippen molar-refractivity contribution in [2.24, 2.45) is 0 Å². The van der Waals surface area contributed by atoms with E-state index in [0.29, 0.717) is 0 Å². The molecule has 1 aromatic heterocycles.